The molecule has 250 valence electrons. The van der Waals surface area contributed by atoms with Crippen molar-refractivity contribution in [1.82, 2.24) is 20.0 Å². The maximum absolute atomic E-state index is 9.87. The summed E-state index contributed by atoms with van der Waals surface area (Å²) in [5, 5.41) is 33.1. The summed E-state index contributed by atoms with van der Waals surface area (Å²) < 4.78 is 44.3. The van der Waals surface area contributed by atoms with Crippen LogP contribution in [0.15, 0.2) is 17.8 Å². The average Bonchev–Trinajstić information content (AvgIpc) is 3.73. The third-order valence-corrected chi connectivity index (χ3v) is 12.5. The summed E-state index contributed by atoms with van der Waals surface area (Å²) in [6.07, 6.45) is 3.69. The van der Waals surface area contributed by atoms with Gasteiger partial charge in [0.25, 0.3) is 0 Å². The van der Waals surface area contributed by atoms with Gasteiger partial charge in [-0.1, -0.05) is 5.21 Å². The van der Waals surface area contributed by atoms with E-state index in [1.54, 1.807) is 59.7 Å². The third-order valence-electron chi connectivity index (χ3n) is 6.14. The molecule has 16 nitrogen and oxygen atoms in total. The van der Waals surface area contributed by atoms with Gasteiger partial charge in [0.15, 0.2) is 5.13 Å². The first kappa shape index (κ1) is 39.6. The molecule has 0 spiro atoms. The lowest BCUT2D eigenvalue weighted by molar-refractivity contribution is 0.0247. The lowest BCUT2D eigenvalue weighted by atomic mass is 10.4. The van der Waals surface area contributed by atoms with E-state index in [0.717, 1.165) is 18.0 Å². The summed E-state index contributed by atoms with van der Waals surface area (Å²) in [5.41, 5.74) is 6.13. The summed E-state index contributed by atoms with van der Waals surface area (Å²) in [4.78, 5) is 4.07. The van der Waals surface area contributed by atoms with Gasteiger partial charge in [-0.25, -0.2) is 9.67 Å². The van der Waals surface area contributed by atoms with Gasteiger partial charge in [0.2, 0.25) is 0 Å². The van der Waals surface area contributed by atoms with Gasteiger partial charge >= 0.3 is 17.6 Å². The predicted molar refractivity (Wildman–Crippen MR) is 165 cm³/mol. The topological polar surface area (TPSA) is 196 Å². The van der Waals surface area contributed by atoms with Gasteiger partial charge in [-0.3, -0.25) is 0 Å². The standard InChI is InChI=1S/C12H26N4O5Si.C12H24N2O5SSi/c1-18-22(19-2,20-3)6-4-5-21-10-12(17)9-16-8-11(7-13)14-15-16;1-16-21(17-2,18-3)8-4-6-19-10-11(15)9-14-12-13-5-7-20-12/h8,12,17H,4-7,9-10,13H2,1-3H3;5,7,11,15H,4,6,8-10H2,1-3H3,(H,13,14). The smallest absolute Gasteiger partial charge is 0.389 e. The van der Waals surface area contributed by atoms with E-state index >= 15 is 0 Å². The van der Waals surface area contributed by atoms with Gasteiger partial charge in [-0.2, -0.15) is 0 Å². The molecule has 2 aromatic rings. The maximum Gasteiger partial charge on any atom is 0.500 e. The number of hydrogen-bond acceptors (Lipinski definition) is 16. The fraction of sp³-hybridized carbons (Fsp3) is 0.792. The summed E-state index contributed by atoms with van der Waals surface area (Å²) in [6.45, 7) is 2.59. The number of rotatable bonds is 24. The molecular weight excluding hydrogens is 621 g/mol. The summed E-state index contributed by atoms with van der Waals surface area (Å²) in [6, 6.07) is 1.35. The minimum atomic E-state index is -2.53. The Balaban J connectivity index is 0.000000430. The maximum atomic E-state index is 9.87. The first-order valence-electron chi connectivity index (χ1n) is 13.8. The highest BCUT2D eigenvalue weighted by Crippen LogP contribution is 2.16. The largest absolute Gasteiger partial charge is 0.500 e. The van der Waals surface area contributed by atoms with Crippen LogP contribution in [0.3, 0.4) is 0 Å². The Morgan fingerprint density at radius 1 is 0.884 bits per heavy atom. The van der Waals surface area contributed by atoms with E-state index in [1.807, 2.05) is 5.38 Å². The molecule has 0 fully saturated rings. The van der Waals surface area contributed by atoms with Crippen LogP contribution >= 0.6 is 11.3 Å². The first-order chi connectivity index (χ1) is 20.7. The second-order valence-electron chi connectivity index (χ2n) is 9.11. The van der Waals surface area contributed by atoms with Crippen molar-refractivity contribution in [2.75, 3.05) is 80.9 Å². The highest BCUT2D eigenvalue weighted by Gasteiger charge is 2.37. The first-order valence-corrected chi connectivity index (χ1v) is 18.5. The molecule has 2 aromatic heterocycles. The van der Waals surface area contributed by atoms with Crippen molar-refractivity contribution in [2.45, 2.75) is 50.2 Å². The van der Waals surface area contributed by atoms with Gasteiger partial charge in [0.05, 0.1) is 37.7 Å². The summed E-state index contributed by atoms with van der Waals surface area (Å²) in [7, 11) is 4.48. The molecule has 0 aliphatic heterocycles. The Bertz CT molecular complexity index is 912. The molecule has 19 heteroatoms. The van der Waals surface area contributed by atoms with Crippen molar-refractivity contribution in [3.05, 3.63) is 23.5 Å². The number of aliphatic hydroxyl groups is 2. The van der Waals surface area contributed by atoms with E-state index in [0.29, 0.717) is 50.6 Å². The van der Waals surface area contributed by atoms with Crippen LogP contribution < -0.4 is 11.1 Å². The Morgan fingerprint density at radius 3 is 1.86 bits per heavy atom. The molecule has 2 rings (SSSR count). The third kappa shape index (κ3) is 15.9. The normalized spacial score (nSPS) is 13.4. The second kappa shape index (κ2) is 23.0. The van der Waals surface area contributed by atoms with Crippen LogP contribution in [0.4, 0.5) is 5.13 Å². The molecule has 0 saturated heterocycles. The lowest BCUT2D eigenvalue weighted by Gasteiger charge is -2.24. The van der Waals surface area contributed by atoms with Crippen LogP contribution in [-0.2, 0) is 49.1 Å². The lowest BCUT2D eigenvalue weighted by Crippen LogP contribution is -2.42. The Morgan fingerprint density at radius 2 is 1.42 bits per heavy atom. The average molecular weight is 671 g/mol. The number of nitrogens with zero attached hydrogens (tertiary/aromatic N) is 4. The molecule has 2 heterocycles. The van der Waals surface area contributed by atoms with Crippen molar-refractivity contribution in [1.29, 1.82) is 0 Å². The molecule has 0 radical (unpaired) electrons. The van der Waals surface area contributed by atoms with Crippen molar-refractivity contribution >= 4 is 34.1 Å². The number of anilines is 1. The summed E-state index contributed by atoms with van der Waals surface area (Å²) in [5.74, 6) is 0. The van der Waals surface area contributed by atoms with E-state index in [1.165, 1.54) is 11.3 Å². The van der Waals surface area contributed by atoms with Gasteiger partial charge in [0.1, 0.15) is 0 Å². The monoisotopic (exact) mass is 670 g/mol. The van der Waals surface area contributed by atoms with Crippen molar-refractivity contribution < 1.29 is 46.2 Å². The zero-order valence-corrected chi connectivity index (χ0v) is 28.9. The van der Waals surface area contributed by atoms with Crippen LogP contribution in [0.5, 0.6) is 0 Å². The molecule has 0 aromatic carbocycles. The van der Waals surface area contributed by atoms with Crippen molar-refractivity contribution in [2.24, 2.45) is 5.73 Å². The molecule has 0 aliphatic carbocycles. The number of ether oxygens (including phenoxy) is 2. The molecule has 43 heavy (non-hydrogen) atoms. The molecule has 2 unspecified atom stereocenters. The second-order valence-corrected chi connectivity index (χ2v) is 16.2. The zero-order chi connectivity index (χ0) is 32.0. The number of hydrogen-bond donors (Lipinski definition) is 4. The number of thiazole rings is 1. The van der Waals surface area contributed by atoms with Crippen LogP contribution in [-0.4, -0.2) is 136 Å². The van der Waals surface area contributed by atoms with Gasteiger partial charge in [-0.05, 0) is 12.8 Å². The summed E-state index contributed by atoms with van der Waals surface area (Å²) >= 11 is 1.50. The minimum Gasteiger partial charge on any atom is -0.389 e. The van der Waals surface area contributed by atoms with Crippen molar-refractivity contribution in [3.8, 4) is 0 Å². The SMILES string of the molecule is CO[Si](CCCOCC(O)CNc1nccs1)(OC)OC.CO[Si](CCCOCC(O)Cn1cc(CN)nn1)(OC)OC. The molecule has 0 amide bonds. The van der Waals surface area contributed by atoms with Gasteiger partial charge in [-0.15, -0.1) is 16.4 Å². The Hall–Kier alpha value is -1.44. The molecular formula is C24H50N6O10SSi2. The number of aromatic nitrogens is 4. The van der Waals surface area contributed by atoms with E-state index in [-0.39, 0.29) is 13.2 Å². The fourth-order valence-electron chi connectivity index (χ4n) is 3.70. The van der Waals surface area contributed by atoms with Crippen LogP contribution in [0.25, 0.3) is 0 Å². The number of nitrogens with one attached hydrogen (secondary N) is 1. The van der Waals surface area contributed by atoms with Gasteiger partial charge < -0.3 is 57.3 Å². The highest BCUT2D eigenvalue weighted by atomic mass is 32.1. The van der Waals surface area contributed by atoms with Crippen LogP contribution in [0.2, 0.25) is 12.1 Å². The molecule has 5 N–H and O–H groups in total. The Kier molecular flexibility index (Phi) is 21.2. The van der Waals surface area contributed by atoms with E-state index < -0.39 is 29.8 Å². The van der Waals surface area contributed by atoms with E-state index in [9.17, 15) is 10.2 Å². The highest BCUT2D eigenvalue weighted by molar-refractivity contribution is 7.13. The van der Waals surface area contributed by atoms with Crippen molar-refractivity contribution in [3.63, 3.8) is 0 Å². The predicted octanol–water partition coefficient (Wildman–Crippen LogP) is 0.583. The van der Waals surface area contributed by atoms with Crippen LogP contribution in [0.1, 0.15) is 18.5 Å². The number of nitrogens with two attached hydrogens (primary N) is 1. The van der Waals surface area contributed by atoms with Gasteiger partial charge in [0, 0.05) is 98.8 Å². The van der Waals surface area contributed by atoms with E-state index in [4.69, 9.17) is 41.8 Å². The Labute approximate surface area is 260 Å². The number of aliphatic hydroxyl groups excluding tert-OH is 2. The fourth-order valence-corrected chi connectivity index (χ4v) is 7.62. The quantitative estimate of drug-likeness (QED) is 0.0894. The molecule has 0 aliphatic rings. The zero-order valence-electron chi connectivity index (χ0n) is 26.1. The van der Waals surface area contributed by atoms with E-state index in [2.05, 4.69) is 20.6 Å². The van der Waals surface area contributed by atoms with Crippen LogP contribution in [0, 0.1) is 0 Å². The molecule has 0 bridgehead atoms. The minimum absolute atomic E-state index is 0.222. The molecule has 2 atom stereocenters. The molecule has 0 saturated carbocycles.